The van der Waals surface area contributed by atoms with Gasteiger partial charge in [-0.05, 0) is 12.5 Å². The molecule has 1 rings (SSSR count). The molecule has 0 radical (unpaired) electrons. The normalized spacial score (nSPS) is 10.6. The number of sulfone groups is 1. The fourth-order valence-electron chi connectivity index (χ4n) is 1.21. The van der Waals surface area contributed by atoms with Crippen molar-refractivity contribution in [1.82, 2.24) is 4.98 Å². The van der Waals surface area contributed by atoms with Gasteiger partial charge in [-0.1, -0.05) is 11.8 Å². The Bertz CT molecular complexity index is 546. The molecule has 18 heavy (non-hydrogen) atoms. The van der Waals surface area contributed by atoms with Crippen molar-refractivity contribution < 1.29 is 13.2 Å². The maximum Gasteiger partial charge on any atom is 0.147 e. The maximum absolute atomic E-state index is 10.9. The standard InChI is InChI=1S/C12H14ClNO3S/c1-18(15,16)7-3-6-17-12-8-11(4-2-5-13)9-14-10-12/h8-10H,3,5-7H2,1H3. The smallest absolute Gasteiger partial charge is 0.147 e. The summed E-state index contributed by atoms with van der Waals surface area (Å²) in [6.45, 7) is 0.334. The lowest BCUT2D eigenvalue weighted by Gasteiger charge is -2.05. The molecular weight excluding hydrogens is 274 g/mol. The second-order valence-corrected chi connectivity index (χ2v) is 6.20. The van der Waals surface area contributed by atoms with E-state index in [1.54, 1.807) is 18.5 Å². The topological polar surface area (TPSA) is 56.3 Å². The predicted molar refractivity (Wildman–Crippen MR) is 71.7 cm³/mol. The van der Waals surface area contributed by atoms with E-state index >= 15 is 0 Å². The number of halogens is 1. The fourth-order valence-corrected chi connectivity index (χ4v) is 1.92. The molecule has 4 nitrogen and oxygen atoms in total. The first kappa shape index (κ1) is 14.8. The number of rotatable bonds is 5. The first-order valence-electron chi connectivity index (χ1n) is 5.31. The van der Waals surface area contributed by atoms with E-state index in [-0.39, 0.29) is 11.6 Å². The number of aromatic nitrogens is 1. The van der Waals surface area contributed by atoms with Crippen LogP contribution in [0.25, 0.3) is 0 Å². The molecule has 0 aliphatic heterocycles. The van der Waals surface area contributed by atoms with Gasteiger partial charge in [0.2, 0.25) is 0 Å². The summed E-state index contributed by atoms with van der Waals surface area (Å²) in [5, 5.41) is 0. The van der Waals surface area contributed by atoms with Crippen LogP contribution in [-0.2, 0) is 9.84 Å². The molecule has 1 aromatic heterocycles. The van der Waals surface area contributed by atoms with Gasteiger partial charge in [0, 0.05) is 18.0 Å². The van der Waals surface area contributed by atoms with Crippen LogP contribution in [0.2, 0.25) is 0 Å². The van der Waals surface area contributed by atoms with Gasteiger partial charge in [-0.3, -0.25) is 4.98 Å². The molecule has 0 amide bonds. The Balaban J connectivity index is 2.48. The molecule has 6 heteroatoms. The lowest BCUT2D eigenvalue weighted by molar-refractivity contribution is 0.316. The molecule has 98 valence electrons. The van der Waals surface area contributed by atoms with Gasteiger partial charge < -0.3 is 4.74 Å². The number of nitrogens with zero attached hydrogens (tertiary/aromatic N) is 1. The van der Waals surface area contributed by atoms with E-state index in [2.05, 4.69) is 16.8 Å². The van der Waals surface area contributed by atoms with Crippen molar-refractivity contribution >= 4 is 21.4 Å². The molecule has 0 fully saturated rings. The summed E-state index contributed by atoms with van der Waals surface area (Å²) in [5.74, 6) is 6.50. The molecule has 0 aromatic carbocycles. The average molecular weight is 288 g/mol. The molecule has 0 atom stereocenters. The summed E-state index contributed by atoms with van der Waals surface area (Å²) in [5.41, 5.74) is 0.719. The van der Waals surface area contributed by atoms with E-state index in [1.165, 1.54) is 6.26 Å². The quantitative estimate of drug-likeness (QED) is 0.468. The number of ether oxygens (including phenoxy) is 1. The minimum Gasteiger partial charge on any atom is -0.492 e. The van der Waals surface area contributed by atoms with Crippen LogP contribution >= 0.6 is 11.6 Å². The Labute approximate surface area is 112 Å². The van der Waals surface area contributed by atoms with Gasteiger partial charge in [0.1, 0.15) is 15.6 Å². The largest absolute Gasteiger partial charge is 0.492 e. The monoisotopic (exact) mass is 287 g/mol. The zero-order valence-electron chi connectivity index (χ0n) is 10.0. The van der Waals surface area contributed by atoms with Gasteiger partial charge in [0.15, 0.2) is 0 Å². The fraction of sp³-hybridized carbons (Fsp3) is 0.417. The van der Waals surface area contributed by atoms with Crippen molar-refractivity contribution in [1.29, 1.82) is 0 Å². The Morgan fingerprint density at radius 1 is 1.44 bits per heavy atom. The molecule has 0 unspecified atom stereocenters. The third-order valence-corrected chi connectivity index (χ3v) is 3.10. The Kier molecular flexibility index (Phi) is 5.96. The van der Waals surface area contributed by atoms with Crippen molar-refractivity contribution in [3.8, 4) is 17.6 Å². The summed E-state index contributed by atoms with van der Waals surface area (Å²) >= 11 is 5.45. The Morgan fingerprint density at radius 3 is 2.89 bits per heavy atom. The second-order valence-electron chi connectivity index (χ2n) is 3.68. The van der Waals surface area contributed by atoms with Crippen LogP contribution in [0, 0.1) is 11.8 Å². The zero-order valence-corrected chi connectivity index (χ0v) is 11.6. The third-order valence-electron chi connectivity index (χ3n) is 1.94. The van der Waals surface area contributed by atoms with Crippen LogP contribution in [-0.4, -0.2) is 37.9 Å². The van der Waals surface area contributed by atoms with Gasteiger partial charge >= 0.3 is 0 Å². The molecule has 1 aromatic rings. The highest BCUT2D eigenvalue weighted by Gasteiger charge is 2.02. The highest BCUT2D eigenvalue weighted by molar-refractivity contribution is 7.90. The molecule has 0 aliphatic rings. The van der Waals surface area contributed by atoms with E-state index in [0.717, 1.165) is 5.56 Å². The lowest BCUT2D eigenvalue weighted by Crippen LogP contribution is -2.08. The van der Waals surface area contributed by atoms with Gasteiger partial charge in [0.25, 0.3) is 0 Å². The Morgan fingerprint density at radius 2 is 2.22 bits per heavy atom. The van der Waals surface area contributed by atoms with Crippen molar-refractivity contribution in [2.45, 2.75) is 6.42 Å². The van der Waals surface area contributed by atoms with E-state index in [1.807, 2.05) is 0 Å². The van der Waals surface area contributed by atoms with Gasteiger partial charge in [-0.15, -0.1) is 11.6 Å². The van der Waals surface area contributed by atoms with E-state index in [0.29, 0.717) is 18.8 Å². The van der Waals surface area contributed by atoms with Crippen LogP contribution in [0.5, 0.6) is 5.75 Å². The summed E-state index contributed by atoms with van der Waals surface area (Å²) in [4.78, 5) is 3.98. The highest BCUT2D eigenvalue weighted by Crippen LogP contribution is 2.10. The van der Waals surface area contributed by atoms with Crippen LogP contribution in [0.4, 0.5) is 0 Å². The summed E-state index contributed by atoms with van der Waals surface area (Å²) in [6.07, 6.45) is 4.84. The number of pyridine rings is 1. The third kappa shape index (κ3) is 6.48. The van der Waals surface area contributed by atoms with Crippen molar-refractivity contribution in [3.63, 3.8) is 0 Å². The summed E-state index contributed by atoms with van der Waals surface area (Å²) in [7, 11) is -2.93. The van der Waals surface area contributed by atoms with Crippen LogP contribution in [0.15, 0.2) is 18.5 Å². The molecular formula is C12H14ClNO3S. The zero-order chi connectivity index (χ0) is 13.4. The summed E-state index contributed by atoms with van der Waals surface area (Å²) in [6, 6.07) is 1.74. The van der Waals surface area contributed by atoms with E-state index in [9.17, 15) is 8.42 Å². The molecule has 0 bridgehead atoms. The first-order valence-corrected chi connectivity index (χ1v) is 7.91. The minimum atomic E-state index is -2.93. The van der Waals surface area contributed by atoms with Crippen molar-refractivity contribution in [3.05, 3.63) is 24.0 Å². The van der Waals surface area contributed by atoms with Crippen molar-refractivity contribution in [2.75, 3.05) is 24.5 Å². The predicted octanol–water partition coefficient (Wildman–Crippen LogP) is 1.49. The van der Waals surface area contributed by atoms with Gasteiger partial charge in [-0.25, -0.2) is 8.42 Å². The van der Waals surface area contributed by atoms with Crippen LogP contribution in [0.3, 0.4) is 0 Å². The first-order chi connectivity index (χ1) is 8.51. The highest BCUT2D eigenvalue weighted by atomic mass is 35.5. The molecule has 0 saturated heterocycles. The van der Waals surface area contributed by atoms with E-state index in [4.69, 9.17) is 16.3 Å². The molecule has 0 spiro atoms. The Hall–Kier alpha value is -1.25. The van der Waals surface area contributed by atoms with Crippen molar-refractivity contribution in [2.24, 2.45) is 0 Å². The van der Waals surface area contributed by atoms with Crippen LogP contribution in [0.1, 0.15) is 12.0 Å². The van der Waals surface area contributed by atoms with Gasteiger partial charge in [0.05, 0.1) is 24.4 Å². The van der Waals surface area contributed by atoms with Crippen LogP contribution < -0.4 is 4.74 Å². The second kappa shape index (κ2) is 7.24. The number of hydrogen-bond donors (Lipinski definition) is 0. The average Bonchev–Trinajstić information content (AvgIpc) is 2.31. The van der Waals surface area contributed by atoms with Gasteiger partial charge in [-0.2, -0.15) is 0 Å². The molecule has 0 aliphatic carbocycles. The maximum atomic E-state index is 10.9. The molecule has 0 N–H and O–H groups in total. The van der Waals surface area contributed by atoms with E-state index < -0.39 is 9.84 Å². The molecule has 1 heterocycles. The molecule has 0 saturated carbocycles. The summed E-state index contributed by atoms with van der Waals surface area (Å²) < 4.78 is 27.2. The number of alkyl halides is 1. The minimum absolute atomic E-state index is 0.117. The lowest BCUT2D eigenvalue weighted by atomic mass is 10.3. The SMILES string of the molecule is CS(=O)(=O)CCCOc1cncc(C#CCCl)c1. The number of hydrogen-bond acceptors (Lipinski definition) is 4.